The summed E-state index contributed by atoms with van der Waals surface area (Å²) in [5.74, 6) is 0.778. The molecule has 1 heterocycles. The summed E-state index contributed by atoms with van der Waals surface area (Å²) in [4.78, 5) is 6.20. The van der Waals surface area contributed by atoms with Crippen LogP contribution in [0.5, 0.6) is 0 Å². The number of piperidine rings is 1. The van der Waals surface area contributed by atoms with Crippen molar-refractivity contribution in [3.8, 4) is 0 Å². The molecule has 0 bridgehead atoms. The lowest BCUT2D eigenvalue weighted by molar-refractivity contribution is -0.0294. The first-order valence-corrected chi connectivity index (χ1v) is 5.86. The highest BCUT2D eigenvalue weighted by molar-refractivity contribution is 5.78. The molecule has 0 aromatic rings. The topological polar surface area (TPSA) is 82.1 Å². The van der Waals surface area contributed by atoms with E-state index in [0.717, 1.165) is 19.5 Å². The maximum absolute atomic E-state index is 9.40. The van der Waals surface area contributed by atoms with Crippen LogP contribution in [0.4, 0.5) is 0 Å². The van der Waals surface area contributed by atoms with Gasteiger partial charge in [0.05, 0.1) is 13.2 Å². The molecule has 0 radical (unpaired) electrons. The second-order valence-corrected chi connectivity index (χ2v) is 4.61. The molecule has 16 heavy (non-hydrogen) atoms. The predicted octanol–water partition coefficient (Wildman–Crippen LogP) is -0.366. The Hall–Kier alpha value is -0.810. The molecule has 0 aliphatic carbocycles. The monoisotopic (exact) mass is 229 g/mol. The molecular weight excluding hydrogens is 206 g/mol. The Bertz CT molecular complexity index is 252. The van der Waals surface area contributed by atoms with Crippen LogP contribution in [-0.2, 0) is 0 Å². The number of nitrogens with two attached hydrogens (primary N) is 1. The van der Waals surface area contributed by atoms with Crippen molar-refractivity contribution in [1.82, 2.24) is 4.90 Å². The van der Waals surface area contributed by atoms with Gasteiger partial charge in [0.15, 0.2) is 5.96 Å². The van der Waals surface area contributed by atoms with Crippen LogP contribution in [-0.4, -0.2) is 53.9 Å². The van der Waals surface area contributed by atoms with Crippen molar-refractivity contribution < 1.29 is 10.2 Å². The Labute approximate surface area is 97.0 Å². The molecule has 0 saturated carbocycles. The van der Waals surface area contributed by atoms with Crippen LogP contribution in [0.15, 0.2) is 4.99 Å². The molecule has 1 rings (SSSR count). The van der Waals surface area contributed by atoms with E-state index in [1.807, 2.05) is 18.7 Å². The Morgan fingerprint density at radius 2 is 2.12 bits per heavy atom. The fraction of sp³-hybridized carbons (Fsp3) is 0.909. The molecule has 5 heteroatoms. The number of aliphatic hydroxyl groups is 2. The van der Waals surface area contributed by atoms with Crippen molar-refractivity contribution >= 4 is 5.96 Å². The molecule has 1 fully saturated rings. The average molecular weight is 229 g/mol. The molecule has 0 amide bonds. The maximum Gasteiger partial charge on any atom is 0.191 e. The maximum atomic E-state index is 9.40. The fourth-order valence-corrected chi connectivity index (χ4v) is 2.21. The summed E-state index contributed by atoms with van der Waals surface area (Å²) in [5, 5.41) is 18.8. The fourth-order valence-electron chi connectivity index (χ4n) is 2.21. The van der Waals surface area contributed by atoms with Gasteiger partial charge in [-0.05, 0) is 19.3 Å². The summed E-state index contributed by atoms with van der Waals surface area (Å²) >= 11 is 0. The molecule has 1 saturated heterocycles. The summed E-state index contributed by atoms with van der Waals surface area (Å²) in [7, 11) is 0. The van der Waals surface area contributed by atoms with Crippen LogP contribution >= 0.6 is 0 Å². The van der Waals surface area contributed by atoms with Crippen LogP contribution < -0.4 is 5.73 Å². The molecule has 0 spiro atoms. The number of rotatable bonds is 3. The zero-order chi connectivity index (χ0) is 12.2. The van der Waals surface area contributed by atoms with Gasteiger partial charge in [0.1, 0.15) is 0 Å². The van der Waals surface area contributed by atoms with Crippen molar-refractivity contribution in [3.63, 3.8) is 0 Å². The Morgan fingerprint density at radius 1 is 1.50 bits per heavy atom. The minimum Gasteiger partial charge on any atom is -0.396 e. The van der Waals surface area contributed by atoms with Gasteiger partial charge < -0.3 is 20.8 Å². The molecule has 5 nitrogen and oxygen atoms in total. The van der Waals surface area contributed by atoms with Gasteiger partial charge in [0, 0.05) is 25.0 Å². The molecule has 0 aromatic heterocycles. The third-order valence-corrected chi connectivity index (χ3v) is 3.69. The van der Waals surface area contributed by atoms with E-state index in [0.29, 0.717) is 12.5 Å². The normalized spacial score (nSPS) is 25.9. The van der Waals surface area contributed by atoms with Gasteiger partial charge in [-0.2, -0.15) is 0 Å². The molecule has 1 unspecified atom stereocenters. The Balaban J connectivity index is 2.67. The minimum absolute atomic E-state index is 0.0311. The number of likely N-dealkylation sites (tertiary alicyclic amines) is 1. The average Bonchev–Trinajstić information content (AvgIpc) is 2.30. The lowest BCUT2D eigenvalue weighted by Gasteiger charge is -2.45. The van der Waals surface area contributed by atoms with Crippen molar-refractivity contribution in [1.29, 1.82) is 0 Å². The first-order valence-electron chi connectivity index (χ1n) is 5.86. The Morgan fingerprint density at radius 3 is 2.56 bits per heavy atom. The summed E-state index contributed by atoms with van der Waals surface area (Å²) in [6.07, 6.45) is 0.751. The first kappa shape index (κ1) is 13.3. The van der Waals surface area contributed by atoms with Gasteiger partial charge in [0.2, 0.25) is 0 Å². The third kappa shape index (κ3) is 2.47. The second-order valence-electron chi connectivity index (χ2n) is 4.61. The molecule has 94 valence electrons. The zero-order valence-corrected chi connectivity index (χ0v) is 10.2. The van der Waals surface area contributed by atoms with Crippen molar-refractivity contribution in [2.45, 2.75) is 20.3 Å². The second kappa shape index (κ2) is 5.50. The number of guanidine groups is 1. The molecular formula is C11H23N3O2. The van der Waals surface area contributed by atoms with E-state index < -0.39 is 0 Å². The molecule has 4 N–H and O–H groups in total. The highest BCUT2D eigenvalue weighted by Gasteiger charge is 2.40. The lowest BCUT2D eigenvalue weighted by Crippen LogP contribution is -2.53. The van der Waals surface area contributed by atoms with Crippen LogP contribution in [0, 0.1) is 11.3 Å². The summed E-state index contributed by atoms with van der Waals surface area (Å²) in [6.45, 7) is 6.23. The van der Waals surface area contributed by atoms with E-state index in [2.05, 4.69) is 4.99 Å². The van der Waals surface area contributed by atoms with E-state index >= 15 is 0 Å². The number of aliphatic hydroxyl groups excluding tert-OH is 2. The highest BCUT2D eigenvalue weighted by Crippen LogP contribution is 2.35. The minimum atomic E-state index is -0.358. The largest absolute Gasteiger partial charge is 0.396 e. The molecule has 1 aliphatic heterocycles. The number of hydrogen-bond donors (Lipinski definition) is 3. The van der Waals surface area contributed by atoms with Gasteiger partial charge in [-0.1, -0.05) is 6.92 Å². The standard InChI is InChI=1S/C11H23N3O2/c1-3-13-10(12)14-5-4-11(7-15,8-16)9(2)6-14/h9,15-16H,3-8H2,1-2H3,(H2,12,13). The van der Waals surface area contributed by atoms with Crippen LogP contribution in [0.2, 0.25) is 0 Å². The summed E-state index contributed by atoms with van der Waals surface area (Å²) in [6, 6.07) is 0. The van der Waals surface area contributed by atoms with E-state index in [1.54, 1.807) is 0 Å². The lowest BCUT2D eigenvalue weighted by atomic mass is 9.72. The summed E-state index contributed by atoms with van der Waals surface area (Å²) in [5.41, 5.74) is 5.49. The van der Waals surface area contributed by atoms with Gasteiger partial charge in [-0.3, -0.25) is 4.99 Å². The van der Waals surface area contributed by atoms with Crippen molar-refractivity contribution in [2.75, 3.05) is 32.8 Å². The number of nitrogens with zero attached hydrogens (tertiary/aromatic N) is 2. The van der Waals surface area contributed by atoms with Crippen LogP contribution in [0.3, 0.4) is 0 Å². The zero-order valence-electron chi connectivity index (χ0n) is 10.2. The highest BCUT2D eigenvalue weighted by atomic mass is 16.3. The quantitative estimate of drug-likeness (QED) is 0.456. The van der Waals surface area contributed by atoms with E-state index in [1.165, 1.54) is 0 Å². The van der Waals surface area contributed by atoms with Gasteiger partial charge in [0.25, 0.3) is 0 Å². The third-order valence-electron chi connectivity index (χ3n) is 3.69. The van der Waals surface area contributed by atoms with Crippen molar-refractivity contribution in [3.05, 3.63) is 0 Å². The first-order chi connectivity index (χ1) is 7.59. The van der Waals surface area contributed by atoms with Crippen molar-refractivity contribution in [2.24, 2.45) is 22.1 Å². The number of hydrogen-bond acceptors (Lipinski definition) is 3. The van der Waals surface area contributed by atoms with Crippen LogP contribution in [0.25, 0.3) is 0 Å². The molecule has 1 atom stereocenters. The smallest absolute Gasteiger partial charge is 0.191 e. The molecule has 1 aliphatic rings. The predicted molar refractivity (Wildman–Crippen MR) is 64.1 cm³/mol. The van der Waals surface area contributed by atoms with E-state index in [9.17, 15) is 10.2 Å². The number of aliphatic imine (C=N–C) groups is 1. The summed E-state index contributed by atoms with van der Waals surface area (Å²) < 4.78 is 0. The van der Waals surface area contributed by atoms with Crippen LogP contribution in [0.1, 0.15) is 20.3 Å². The Kier molecular flexibility index (Phi) is 4.56. The van der Waals surface area contributed by atoms with Gasteiger partial charge in [-0.15, -0.1) is 0 Å². The molecule has 0 aromatic carbocycles. The SMILES string of the molecule is CCN=C(N)N1CCC(CO)(CO)C(C)C1. The van der Waals surface area contributed by atoms with E-state index in [4.69, 9.17) is 5.73 Å². The van der Waals surface area contributed by atoms with Gasteiger partial charge >= 0.3 is 0 Å². The van der Waals surface area contributed by atoms with E-state index in [-0.39, 0.29) is 24.5 Å². The van der Waals surface area contributed by atoms with Gasteiger partial charge in [-0.25, -0.2) is 0 Å².